The molecule has 15 heavy (non-hydrogen) atoms. The first-order valence-electron chi connectivity index (χ1n) is 4.90. The normalized spacial score (nSPS) is 12.3. The van der Waals surface area contributed by atoms with Gasteiger partial charge in [-0.2, -0.15) is 0 Å². The first kappa shape index (κ1) is 9.80. The van der Waals surface area contributed by atoms with E-state index in [1.807, 2.05) is 24.3 Å². The molecule has 0 radical (unpaired) electrons. The zero-order chi connectivity index (χ0) is 10.5. The topological polar surface area (TPSA) is 51.8 Å². The molecule has 0 aliphatic rings. The van der Waals surface area contributed by atoms with Gasteiger partial charge in [0.15, 0.2) is 0 Å². The van der Waals surface area contributed by atoms with Crippen molar-refractivity contribution in [3.63, 3.8) is 0 Å². The van der Waals surface area contributed by atoms with E-state index in [4.69, 9.17) is 5.73 Å². The van der Waals surface area contributed by atoms with E-state index in [1.54, 1.807) is 24.8 Å². The third-order valence-corrected chi connectivity index (χ3v) is 2.34. The summed E-state index contributed by atoms with van der Waals surface area (Å²) in [5.41, 5.74) is 8.39. The lowest BCUT2D eigenvalue weighted by Crippen LogP contribution is -2.13. The van der Waals surface area contributed by atoms with Crippen molar-refractivity contribution in [2.45, 2.75) is 12.5 Å². The quantitative estimate of drug-likeness (QED) is 0.818. The third-order valence-electron chi connectivity index (χ3n) is 2.34. The van der Waals surface area contributed by atoms with Crippen LogP contribution in [0.3, 0.4) is 0 Å². The van der Waals surface area contributed by atoms with Crippen molar-refractivity contribution < 1.29 is 0 Å². The Morgan fingerprint density at radius 1 is 0.933 bits per heavy atom. The van der Waals surface area contributed by atoms with Gasteiger partial charge in [0, 0.05) is 30.8 Å². The molecule has 0 aliphatic heterocycles. The molecule has 0 aromatic carbocycles. The third kappa shape index (κ3) is 2.60. The number of pyridine rings is 2. The van der Waals surface area contributed by atoms with Crippen LogP contribution in [0.1, 0.15) is 17.2 Å². The molecule has 2 aromatic heterocycles. The molecule has 1 unspecified atom stereocenters. The van der Waals surface area contributed by atoms with Crippen molar-refractivity contribution in [2.24, 2.45) is 5.73 Å². The maximum Gasteiger partial charge on any atom is 0.0336 e. The maximum absolute atomic E-state index is 6.08. The summed E-state index contributed by atoms with van der Waals surface area (Å²) in [7, 11) is 0. The number of nitrogens with zero attached hydrogens (tertiary/aromatic N) is 2. The van der Waals surface area contributed by atoms with Gasteiger partial charge in [0.05, 0.1) is 0 Å². The summed E-state index contributed by atoms with van der Waals surface area (Å²) < 4.78 is 0. The van der Waals surface area contributed by atoms with Crippen LogP contribution in [0, 0.1) is 0 Å². The van der Waals surface area contributed by atoms with E-state index >= 15 is 0 Å². The molecule has 2 rings (SSSR count). The predicted octanol–water partition coefficient (Wildman–Crippen LogP) is 1.72. The molecule has 0 aliphatic carbocycles. The molecule has 2 aromatic rings. The molecule has 2 heterocycles. The van der Waals surface area contributed by atoms with Crippen LogP contribution < -0.4 is 5.73 Å². The molecule has 0 spiro atoms. The molecule has 0 fully saturated rings. The Hall–Kier alpha value is -1.74. The summed E-state index contributed by atoms with van der Waals surface area (Å²) >= 11 is 0. The Morgan fingerprint density at radius 3 is 2.07 bits per heavy atom. The van der Waals surface area contributed by atoms with Crippen LogP contribution in [0.15, 0.2) is 49.1 Å². The molecule has 3 nitrogen and oxygen atoms in total. The highest BCUT2D eigenvalue weighted by Gasteiger charge is 2.05. The van der Waals surface area contributed by atoms with E-state index in [0.717, 1.165) is 12.0 Å². The highest BCUT2D eigenvalue weighted by molar-refractivity contribution is 5.19. The zero-order valence-electron chi connectivity index (χ0n) is 8.38. The van der Waals surface area contributed by atoms with E-state index in [2.05, 4.69) is 9.97 Å². The van der Waals surface area contributed by atoms with Crippen molar-refractivity contribution >= 4 is 0 Å². The van der Waals surface area contributed by atoms with Crippen molar-refractivity contribution in [1.82, 2.24) is 9.97 Å². The van der Waals surface area contributed by atoms with Crippen LogP contribution >= 0.6 is 0 Å². The van der Waals surface area contributed by atoms with Gasteiger partial charge in [0.25, 0.3) is 0 Å². The average molecular weight is 199 g/mol. The van der Waals surface area contributed by atoms with Crippen LogP contribution in [-0.2, 0) is 6.42 Å². The molecule has 0 bridgehead atoms. The van der Waals surface area contributed by atoms with Gasteiger partial charge in [0.1, 0.15) is 0 Å². The molecule has 3 heteroatoms. The fourth-order valence-corrected chi connectivity index (χ4v) is 1.50. The van der Waals surface area contributed by atoms with Crippen LogP contribution in [-0.4, -0.2) is 9.97 Å². The van der Waals surface area contributed by atoms with Gasteiger partial charge in [-0.1, -0.05) is 0 Å². The summed E-state index contributed by atoms with van der Waals surface area (Å²) in [6.45, 7) is 0. The van der Waals surface area contributed by atoms with Crippen molar-refractivity contribution in [3.8, 4) is 0 Å². The minimum atomic E-state index is 0.0235. The van der Waals surface area contributed by atoms with Crippen LogP contribution in [0.5, 0.6) is 0 Å². The van der Waals surface area contributed by atoms with Crippen molar-refractivity contribution in [1.29, 1.82) is 0 Å². The summed E-state index contributed by atoms with van der Waals surface area (Å²) in [6, 6.07) is 7.90. The summed E-state index contributed by atoms with van der Waals surface area (Å²) in [4.78, 5) is 7.94. The largest absolute Gasteiger partial charge is 0.324 e. The highest BCUT2D eigenvalue weighted by atomic mass is 14.7. The first-order valence-corrected chi connectivity index (χ1v) is 4.90. The standard InChI is InChI=1S/C12H13N3/c13-12(11-3-7-15-8-4-11)9-10-1-5-14-6-2-10/h1-8,12H,9,13H2. The molecule has 0 amide bonds. The maximum atomic E-state index is 6.08. The van der Waals surface area contributed by atoms with E-state index in [0.29, 0.717) is 0 Å². The van der Waals surface area contributed by atoms with Gasteiger partial charge >= 0.3 is 0 Å². The van der Waals surface area contributed by atoms with Gasteiger partial charge in [-0.25, -0.2) is 0 Å². The van der Waals surface area contributed by atoms with Gasteiger partial charge in [-0.3, -0.25) is 9.97 Å². The van der Waals surface area contributed by atoms with Crippen LogP contribution in [0.2, 0.25) is 0 Å². The average Bonchev–Trinajstić information content (AvgIpc) is 2.31. The van der Waals surface area contributed by atoms with Crippen molar-refractivity contribution in [3.05, 3.63) is 60.2 Å². The monoisotopic (exact) mass is 199 g/mol. The van der Waals surface area contributed by atoms with Gasteiger partial charge in [-0.05, 0) is 41.8 Å². The highest BCUT2D eigenvalue weighted by Crippen LogP contribution is 2.14. The fourth-order valence-electron chi connectivity index (χ4n) is 1.50. The molecule has 0 saturated carbocycles. The molecular weight excluding hydrogens is 186 g/mol. The molecule has 76 valence electrons. The van der Waals surface area contributed by atoms with Gasteiger partial charge in [0.2, 0.25) is 0 Å². The SMILES string of the molecule is NC(Cc1ccncc1)c1ccncc1. The minimum Gasteiger partial charge on any atom is -0.324 e. The number of hydrogen-bond acceptors (Lipinski definition) is 3. The number of hydrogen-bond donors (Lipinski definition) is 1. The van der Waals surface area contributed by atoms with Crippen molar-refractivity contribution in [2.75, 3.05) is 0 Å². The van der Waals surface area contributed by atoms with Crippen LogP contribution in [0.25, 0.3) is 0 Å². The Morgan fingerprint density at radius 2 is 1.47 bits per heavy atom. The second-order valence-corrected chi connectivity index (χ2v) is 3.45. The Labute approximate surface area is 89.0 Å². The second-order valence-electron chi connectivity index (χ2n) is 3.45. The lowest BCUT2D eigenvalue weighted by Gasteiger charge is -2.11. The summed E-state index contributed by atoms with van der Waals surface area (Å²) in [5.74, 6) is 0. The summed E-state index contributed by atoms with van der Waals surface area (Å²) in [5, 5.41) is 0. The van der Waals surface area contributed by atoms with E-state index in [-0.39, 0.29) is 6.04 Å². The van der Waals surface area contributed by atoms with Gasteiger partial charge in [-0.15, -0.1) is 0 Å². The molecule has 0 saturated heterocycles. The lowest BCUT2D eigenvalue weighted by molar-refractivity contribution is 0.719. The predicted molar refractivity (Wildman–Crippen MR) is 59.1 cm³/mol. The number of aromatic nitrogens is 2. The lowest BCUT2D eigenvalue weighted by atomic mass is 10.0. The Balaban J connectivity index is 2.08. The van der Waals surface area contributed by atoms with E-state index < -0.39 is 0 Å². The number of nitrogens with two attached hydrogens (primary N) is 1. The Kier molecular flexibility index (Phi) is 3.05. The molecular formula is C12H13N3. The van der Waals surface area contributed by atoms with Crippen LogP contribution in [0.4, 0.5) is 0 Å². The summed E-state index contributed by atoms with van der Waals surface area (Å²) in [6.07, 6.45) is 7.93. The fraction of sp³-hybridized carbons (Fsp3) is 0.167. The number of rotatable bonds is 3. The van der Waals surface area contributed by atoms with E-state index in [1.165, 1.54) is 5.56 Å². The zero-order valence-corrected chi connectivity index (χ0v) is 8.38. The van der Waals surface area contributed by atoms with Gasteiger partial charge < -0.3 is 5.73 Å². The minimum absolute atomic E-state index is 0.0235. The van der Waals surface area contributed by atoms with E-state index in [9.17, 15) is 0 Å². The molecule has 2 N–H and O–H groups in total. The molecule has 1 atom stereocenters. The Bertz CT molecular complexity index is 400. The first-order chi connectivity index (χ1) is 7.36. The second kappa shape index (κ2) is 4.66. The smallest absolute Gasteiger partial charge is 0.0336 e.